The van der Waals surface area contributed by atoms with Gasteiger partial charge in [0.15, 0.2) is 0 Å². The first-order chi connectivity index (χ1) is 7.19. The molecule has 0 aromatic carbocycles. The van der Waals surface area contributed by atoms with Gasteiger partial charge in [-0.2, -0.15) is 5.26 Å². The van der Waals surface area contributed by atoms with Crippen molar-refractivity contribution in [2.45, 2.75) is 39.2 Å². The van der Waals surface area contributed by atoms with E-state index in [1.807, 2.05) is 0 Å². The molecule has 1 atom stereocenters. The van der Waals surface area contributed by atoms with Crippen LogP contribution in [0.2, 0.25) is 0 Å². The standard InChI is InChI=1S/C12H23N3/c1-10(2)11(8-14)9-15(7-3-6-13)12-4-5-12/h10-12H,3-5,7-9,14H2,1-2H3. The SMILES string of the molecule is CC(C)C(CN)CN(CCC#N)C1CC1. The van der Waals surface area contributed by atoms with Gasteiger partial charge in [0.25, 0.3) is 0 Å². The Hall–Kier alpha value is -0.590. The summed E-state index contributed by atoms with van der Waals surface area (Å²) in [5.41, 5.74) is 5.78. The summed E-state index contributed by atoms with van der Waals surface area (Å²) >= 11 is 0. The van der Waals surface area contributed by atoms with E-state index in [0.29, 0.717) is 18.3 Å². The highest BCUT2D eigenvalue weighted by Crippen LogP contribution is 2.28. The molecule has 1 fully saturated rings. The smallest absolute Gasteiger partial charge is 0.0635 e. The monoisotopic (exact) mass is 209 g/mol. The zero-order valence-corrected chi connectivity index (χ0v) is 9.95. The van der Waals surface area contributed by atoms with Gasteiger partial charge >= 0.3 is 0 Å². The summed E-state index contributed by atoms with van der Waals surface area (Å²) in [6, 6.07) is 2.97. The van der Waals surface area contributed by atoms with Gasteiger partial charge in [-0.1, -0.05) is 13.8 Å². The van der Waals surface area contributed by atoms with E-state index in [2.05, 4.69) is 24.8 Å². The lowest BCUT2D eigenvalue weighted by molar-refractivity contribution is 0.200. The third kappa shape index (κ3) is 4.19. The predicted octanol–water partition coefficient (Wildman–Crippen LogP) is 1.60. The lowest BCUT2D eigenvalue weighted by atomic mass is 9.95. The van der Waals surface area contributed by atoms with Crippen molar-refractivity contribution in [3.05, 3.63) is 0 Å². The Labute approximate surface area is 93.2 Å². The molecule has 0 spiro atoms. The second kappa shape index (κ2) is 6.09. The predicted molar refractivity (Wildman–Crippen MR) is 62.2 cm³/mol. The number of hydrogen-bond acceptors (Lipinski definition) is 3. The molecule has 0 aromatic rings. The van der Waals surface area contributed by atoms with Crippen LogP contribution in [0.25, 0.3) is 0 Å². The quantitative estimate of drug-likeness (QED) is 0.693. The molecular formula is C12H23N3. The first kappa shape index (κ1) is 12.5. The number of hydrogen-bond donors (Lipinski definition) is 1. The van der Waals surface area contributed by atoms with E-state index in [1.54, 1.807) is 0 Å². The molecule has 1 saturated carbocycles. The largest absolute Gasteiger partial charge is 0.330 e. The van der Waals surface area contributed by atoms with Crippen LogP contribution in [-0.2, 0) is 0 Å². The van der Waals surface area contributed by atoms with Crippen LogP contribution >= 0.6 is 0 Å². The minimum Gasteiger partial charge on any atom is -0.330 e. The van der Waals surface area contributed by atoms with Crippen molar-refractivity contribution in [1.82, 2.24) is 4.90 Å². The van der Waals surface area contributed by atoms with Crippen molar-refractivity contribution in [1.29, 1.82) is 5.26 Å². The Morgan fingerprint density at radius 3 is 2.53 bits per heavy atom. The average Bonchev–Trinajstić information content (AvgIpc) is 3.01. The van der Waals surface area contributed by atoms with Crippen molar-refractivity contribution in [3.8, 4) is 6.07 Å². The summed E-state index contributed by atoms with van der Waals surface area (Å²) < 4.78 is 0. The Morgan fingerprint density at radius 1 is 1.47 bits per heavy atom. The molecule has 0 bridgehead atoms. The molecule has 1 rings (SSSR count). The van der Waals surface area contributed by atoms with Crippen LogP contribution in [0.5, 0.6) is 0 Å². The van der Waals surface area contributed by atoms with Gasteiger partial charge in [-0.15, -0.1) is 0 Å². The van der Waals surface area contributed by atoms with E-state index >= 15 is 0 Å². The van der Waals surface area contributed by atoms with E-state index in [-0.39, 0.29) is 0 Å². The topological polar surface area (TPSA) is 53.0 Å². The third-order valence-electron chi connectivity index (χ3n) is 3.29. The van der Waals surface area contributed by atoms with Crippen LogP contribution in [0.3, 0.4) is 0 Å². The van der Waals surface area contributed by atoms with Crippen LogP contribution < -0.4 is 5.73 Å². The van der Waals surface area contributed by atoms with Crippen LogP contribution in [0.4, 0.5) is 0 Å². The molecule has 3 nitrogen and oxygen atoms in total. The maximum Gasteiger partial charge on any atom is 0.0635 e. The van der Waals surface area contributed by atoms with Gasteiger partial charge in [-0.05, 0) is 31.2 Å². The number of nitriles is 1. The normalized spacial score (nSPS) is 18.1. The zero-order valence-electron chi connectivity index (χ0n) is 9.95. The van der Waals surface area contributed by atoms with Crippen molar-refractivity contribution < 1.29 is 0 Å². The van der Waals surface area contributed by atoms with E-state index in [1.165, 1.54) is 12.8 Å². The Balaban J connectivity index is 2.38. The maximum atomic E-state index is 8.62. The first-order valence-corrected chi connectivity index (χ1v) is 6.00. The lowest BCUT2D eigenvalue weighted by Gasteiger charge is -2.28. The van der Waals surface area contributed by atoms with Gasteiger partial charge in [0.05, 0.1) is 6.07 Å². The molecule has 0 aliphatic heterocycles. The first-order valence-electron chi connectivity index (χ1n) is 6.00. The van der Waals surface area contributed by atoms with Crippen molar-refractivity contribution in [2.24, 2.45) is 17.6 Å². The minimum atomic E-state index is 0.573. The van der Waals surface area contributed by atoms with Gasteiger partial charge in [-0.25, -0.2) is 0 Å². The summed E-state index contributed by atoms with van der Waals surface area (Å²) in [5.74, 6) is 1.21. The highest BCUT2D eigenvalue weighted by molar-refractivity contribution is 4.88. The summed E-state index contributed by atoms with van der Waals surface area (Å²) in [5, 5.41) is 8.62. The van der Waals surface area contributed by atoms with Crippen molar-refractivity contribution >= 4 is 0 Å². The molecule has 0 radical (unpaired) electrons. The van der Waals surface area contributed by atoms with Crippen LogP contribution in [0.15, 0.2) is 0 Å². The van der Waals surface area contributed by atoms with E-state index in [9.17, 15) is 0 Å². The van der Waals surface area contributed by atoms with E-state index in [0.717, 1.165) is 25.7 Å². The molecular weight excluding hydrogens is 186 g/mol. The maximum absolute atomic E-state index is 8.62. The fraction of sp³-hybridized carbons (Fsp3) is 0.917. The fourth-order valence-electron chi connectivity index (χ4n) is 1.91. The fourth-order valence-corrected chi connectivity index (χ4v) is 1.91. The highest BCUT2D eigenvalue weighted by atomic mass is 15.2. The molecule has 86 valence electrons. The molecule has 1 aliphatic carbocycles. The van der Waals surface area contributed by atoms with E-state index in [4.69, 9.17) is 11.0 Å². The lowest BCUT2D eigenvalue weighted by Crippen LogP contribution is -2.37. The molecule has 1 unspecified atom stereocenters. The molecule has 15 heavy (non-hydrogen) atoms. The second-order valence-electron chi connectivity index (χ2n) is 4.87. The highest BCUT2D eigenvalue weighted by Gasteiger charge is 2.30. The second-order valence-corrected chi connectivity index (χ2v) is 4.87. The molecule has 2 N–H and O–H groups in total. The van der Waals surface area contributed by atoms with Crippen LogP contribution in [0.1, 0.15) is 33.1 Å². The van der Waals surface area contributed by atoms with Gasteiger partial charge in [0.1, 0.15) is 0 Å². The van der Waals surface area contributed by atoms with Gasteiger partial charge < -0.3 is 5.73 Å². The Morgan fingerprint density at radius 2 is 2.13 bits per heavy atom. The molecule has 1 aliphatic rings. The van der Waals surface area contributed by atoms with Crippen LogP contribution in [0, 0.1) is 23.2 Å². The van der Waals surface area contributed by atoms with E-state index < -0.39 is 0 Å². The Kier molecular flexibility index (Phi) is 5.07. The zero-order chi connectivity index (χ0) is 11.3. The molecule has 0 aromatic heterocycles. The number of nitrogens with two attached hydrogens (primary N) is 1. The summed E-state index contributed by atoms with van der Waals surface area (Å²) in [4.78, 5) is 2.46. The molecule has 3 heteroatoms. The summed E-state index contributed by atoms with van der Waals surface area (Å²) in [6.07, 6.45) is 3.26. The average molecular weight is 209 g/mol. The third-order valence-corrected chi connectivity index (χ3v) is 3.29. The van der Waals surface area contributed by atoms with Crippen molar-refractivity contribution in [3.63, 3.8) is 0 Å². The number of nitrogens with zero attached hydrogens (tertiary/aromatic N) is 2. The molecule has 0 heterocycles. The van der Waals surface area contributed by atoms with Crippen LogP contribution in [-0.4, -0.2) is 30.6 Å². The number of rotatable bonds is 7. The molecule has 0 saturated heterocycles. The summed E-state index contributed by atoms with van der Waals surface area (Å²) in [7, 11) is 0. The van der Waals surface area contributed by atoms with Gasteiger partial charge in [-0.3, -0.25) is 4.90 Å². The Bertz CT molecular complexity index is 215. The molecule has 0 amide bonds. The van der Waals surface area contributed by atoms with Gasteiger partial charge in [0.2, 0.25) is 0 Å². The van der Waals surface area contributed by atoms with Crippen molar-refractivity contribution in [2.75, 3.05) is 19.6 Å². The minimum absolute atomic E-state index is 0.573. The summed E-state index contributed by atoms with van der Waals surface area (Å²) in [6.45, 7) is 7.21. The van der Waals surface area contributed by atoms with Gasteiger partial charge in [0, 0.05) is 25.6 Å².